The quantitative estimate of drug-likeness (QED) is 0.807. The zero-order valence-electron chi connectivity index (χ0n) is 11.5. The van der Waals surface area contributed by atoms with Gasteiger partial charge in [-0.05, 0) is 25.7 Å². The highest BCUT2D eigenvalue weighted by Crippen LogP contribution is 2.22. The van der Waals surface area contributed by atoms with E-state index in [-0.39, 0.29) is 18.0 Å². The van der Waals surface area contributed by atoms with Gasteiger partial charge in [0, 0.05) is 19.1 Å². The molecule has 1 heterocycles. The summed E-state index contributed by atoms with van der Waals surface area (Å²) in [5.41, 5.74) is 0. The number of carboxylic acid groups (broad SMARTS) is 1. The van der Waals surface area contributed by atoms with Crippen molar-refractivity contribution in [1.82, 2.24) is 10.2 Å². The van der Waals surface area contributed by atoms with Crippen LogP contribution in [0.25, 0.3) is 0 Å². The first kappa shape index (κ1) is 14.8. The first-order valence-electron chi connectivity index (χ1n) is 6.73. The molecule has 1 rings (SSSR count). The lowest BCUT2D eigenvalue weighted by Crippen LogP contribution is -2.50. The van der Waals surface area contributed by atoms with Crippen molar-refractivity contribution in [3.63, 3.8) is 0 Å². The molecule has 0 aromatic heterocycles. The minimum atomic E-state index is -0.749. The van der Waals surface area contributed by atoms with E-state index in [2.05, 4.69) is 19.2 Å². The summed E-state index contributed by atoms with van der Waals surface area (Å²) >= 11 is 0. The Kier molecular flexibility index (Phi) is 5.44. The standard InChI is InChI=1S/C13H24N2O3/c1-4-9(2)8-14-13(18)15-6-5-11(12(16)17)7-10(15)3/h9-11H,4-8H2,1-3H3,(H,14,18)(H,16,17). The van der Waals surface area contributed by atoms with Gasteiger partial charge in [0.15, 0.2) is 0 Å². The number of aliphatic carboxylic acids is 1. The normalized spacial score (nSPS) is 25.6. The van der Waals surface area contributed by atoms with E-state index in [1.54, 1.807) is 4.90 Å². The zero-order chi connectivity index (χ0) is 13.7. The van der Waals surface area contributed by atoms with Crippen molar-refractivity contribution < 1.29 is 14.7 Å². The monoisotopic (exact) mass is 256 g/mol. The van der Waals surface area contributed by atoms with Crippen molar-refractivity contribution in [2.45, 2.75) is 46.1 Å². The Labute approximate surface area is 109 Å². The number of urea groups is 1. The molecule has 0 radical (unpaired) electrons. The molecule has 2 N–H and O–H groups in total. The number of carbonyl (C=O) groups excluding carboxylic acids is 1. The van der Waals surface area contributed by atoms with E-state index in [0.29, 0.717) is 31.8 Å². The molecule has 0 aromatic rings. The highest BCUT2D eigenvalue weighted by Gasteiger charge is 2.32. The Bertz CT molecular complexity index is 307. The van der Waals surface area contributed by atoms with Crippen LogP contribution in [0.3, 0.4) is 0 Å². The molecule has 1 fully saturated rings. The Morgan fingerprint density at radius 2 is 2.17 bits per heavy atom. The molecular weight excluding hydrogens is 232 g/mol. The molecule has 1 saturated heterocycles. The first-order valence-corrected chi connectivity index (χ1v) is 6.73. The molecule has 1 aliphatic heterocycles. The van der Waals surface area contributed by atoms with Gasteiger partial charge in [0.05, 0.1) is 5.92 Å². The van der Waals surface area contributed by atoms with E-state index in [4.69, 9.17) is 5.11 Å². The van der Waals surface area contributed by atoms with Crippen LogP contribution in [0.2, 0.25) is 0 Å². The van der Waals surface area contributed by atoms with E-state index in [1.165, 1.54) is 0 Å². The summed E-state index contributed by atoms with van der Waals surface area (Å²) in [6.07, 6.45) is 2.14. The number of hydrogen-bond acceptors (Lipinski definition) is 2. The molecule has 1 aliphatic rings. The summed E-state index contributed by atoms with van der Waals surface area (Å²) in [5, 5.41) is 11.9. The Morgan fingerprint density at radius 3 is 2.67 bits per heavy atom. The van der Waals surface area contributed by atoms with E-state index in [1.807, 2.05) is 6.92 Å². The number of nitrogens with one attached hydrogen (secondary N) is 1. The molecule has 0 saturated carbocycles. The van der Waals surface area contributed by atoms with Crippen molar-refractivity contribution >= 4 is 12.0 Å². The summed E-state index contributed by atoms with van der Waals surface area (Å²) in [5.74, 6) is -0.582. The van der Waals surface area contributed by atoms with Gasteiger partial charge in [-0.3, -0.25) is 4.79 Å². The summed E-state index contributed by atoms with van der Waals surface area (Å²) in [6.45, 7) is 7.32. The van der Waals surface area contributed by atoms with E-state index in [9.17, 15) is 9.59 Å². The molecule has 3 atom stereocenters. The maximum absolute atomic E-state index is 12.0. The number of likely N-dealkylation sites (tertiary alicyclic amines) is 1. The third kappa shape index (κ3) is 3.89. The average molecular weight is 256 g/mol. The highest BCUT2D eigenvalue weighted by atomic mass is 16.4. The summed E-state index contributed by atoms with van der Waals surface area (Å²) < 4.78 is 0. The minimum Gasteiger partial charge on any atom is -0.481 e. The smallest absolute Gasteiger partial charge is 0.317 e. The highest BCUT2D eigenvalue weighted by molar-refractivity contribution is 5.75. The number of piperidine rings is 1. The molecule has 0 bridgehead atoms. The third-order valence-corrected chi connectivity index (χ3v) is 3.78. The molecule has 5 heteroatoms. The second-order valence-electron chi connectivity index (χ2n) is 5.30. The predicted molar refractivity (Wildman–Crippen MR) is 69.4 cm³/mol. The Hall–Kier alpha value is -1.26. The maximum atomic E-state index is 12.0. The Balaban J connectivity index is 2.43. The molecule has 2 amide bonds. The molecule has 0 spiro atoms. The molecule has 104 valence electrons. The number of nitrogens with zero attached hydrogens (tertiary/aromatic N) is 1. The summed E-state index contributed by atoms with van der Waals surface area (Å²) in [6, 6.07) is -0.0663. The fraction of sp³-hybridized carbons (Fsp3) is 0.846. The van der Waals surface area contributed by atoms with Gasteiger partial charge in [0.25, 0.3) is 0 Å². The lowest BCUT2D eigenvalue weighted by molar-refractivity contribution is -0.143. The fourth-order valence-corrected chi connectivity index (χ4v) is 2.21. The van der Waals surface area contributed by atoms with E-state index in [0.717, 1.165) is 6.42 Å². The molecule has 18 heavy (non-hydrogen) atoms. The van der Waals surface area contributed by atoms with Gasteiger partial charge in [-0.1, -0.05) is 20.3 Å². The van der Waals surface area contributed by atoms with Gasteiger partial charge >= 0.3 is 12.0 Å². The summed E-state index contributed by atoms with van der Waals surface area (Å²) in [4.78, 5) is 24.6. The van der Waals surface area contributed by atoms with Gasteiger partial charge < -0.3 is 15.3 Å². The zero-order valence-corrected chi connectivity index (χ0v) is 11.5. The van der Waals surface area contributed by atoms with Gasteiger partial charge in [-0.25, -0.2) is 4.79 Å². The van der Waals surface area contributed by atoms with Crippen LogP contribution >= 0.6 is 0 Å². The summed E-state index contributed by atoms with van der Waals surface area (Å²) in [7, 11) is 0. The van der Waals surface area contributed by atoms with Crippen LogP contribution in [0.5, 0.6) is 0 Å². The number of carboxylic acids is 1. The van der Waals surface area contributed by atoms with Crippen molar-refractivity contribution in [3.8, 4) is 0 Å². The first-order chi connectivity index (χ1) is 8.45. The topological polar surface area (TPSA) is 69.6 Å². The number of hydrogen-bond donors (Lipinski definition) is 2. The fourth-order valence-electron chi connectivity index (χ4n) is 2.21. The van der Waals surface area contributed by atoms with Crippen molar-refractivity contribution in [1.29, 1.82) is 0 Å². The van der Waals surface area contributed by atoms with Crippen molar-refractivity contribution in [2.75, 3.05) is 13.1 Å². The Morgan fingerprint density at radius 1 is 1.50 bits per heavy atom. The van der Waals surface area contributed by atoms with Gasteiger partial charge in [0.1, 0.15) is 0 Å². The van der Waals surface area contributed by atoms with Crippen molar-refractivity contribution in [3.05, 3.63) is 0 Å². The van der Waals surface area contributed by atoms with Crippen LogP contribution in [0.15, 0.2) is 0 Å². The SMILES string of the molecule is CCC(C)CNC(=O)N1CCC(C(=O)O)CC1C. The lowest BCUT2D eigenvalue weighted by atomic mass is 9.92. The van der Waals surface area contributed by atoms with Crippen LogP contribution in [-0.4, -0.2) is 41.1 Å². The second kappa shape index (κ2) is 6.61. The molecular formula is C13H24N2O3. The number of carbonyl (C=O) groups is 2. The lowest BCUT2D eigenvalue weighted by Gasteiger charge is -2.36. The predicted octanol–water partition coefficient (Wildman–Crippen LogP) is 1.93. The molecule has 3 unspecified atom stereocenters. The van der Waals surface area contributed by atoms with Crippen LogP contribution in [0.4, 0.5) is 4.79 Å². The molecule has 5 nitrogen and oxygen atoms in total. The average Bonchev–Trinajstić information content (AvgIpc) is 2.35. The minimum absolute atomic E-state index is 0.00298. The largest absolute Gasteiger partial charge is 0.481 e. The maximum Gasteiger partial charge on any atom is 0.317 e. The van der Waals surface area contributed by atoms with Crippen LogP contribution in [-0.2, 0) is 4.79 Å². The third-order valence-electron chi connectivity index (χ3n) is 3.78. The van der Waals surface area contributed by atoms with E-state index >= 15 is 0 Å². The van der Waals surface area contributed by atoms with Crippen LogP contribution < -0.4 is 5.32 Å². The van der Waals surface area contributed by atoms with E-state index < -0.39 is 5.97 Å². The number of amides is 2. The van der Waals surface area contributed by atoms with Crippen molar-refractivity contribution in [2.24, 2.45) is 11.8 Å². The molecule has 0 aliphatic carbocycles. The van der Waals surface area contributed by atoms with Gasteiger partial charge in [-0.2, -0.15) is 0 Å². The van der Waals surface area contributed by atoms with Crippen LogP contribution in [0, 0.1) is 11.8 Å². The molecule has 0 aromatic carbocycles. The number of rotatable bonds is 4. The second-order valence-corrected chi connectivity index (χ2v) is 5.30. The van der Waals surface area contributed by atoms with Crippen LogP contribution in [0.1, 0.15) is 40.0 Å². The van der Waals surface area contributed by atoms with Gasteiger partial charge in [-0.15, -0.1) is 0 Å². The van der Waals surface area contributed by atoms with Gasteiger partial charge in [0.2, 0.25) is 0 Å².